The number of rotatable bonds is 3. The van der Waals surface area contributed by atoms with Crippen molar-refractivity contribution in [2.45, 2.75) is 33.1 Å². The second-order valence-electron chi connectivity index (χ2n) is 6.50. The van der Waals surface area contributed by atoms with E-state index in [1.165, 1.54) is 5.56 Å². The molecule has 4 heteroatoms. The normalized spacial score (nSPS) is 21.5. The third kappa shape index (κ3) is 3.22. The van der Waals surface area contributed by atoms with Gasteiger partial charge in [0.1, 0.15) is 11.6 Å². The van der Waals surface area contributed by atoms with Gasteiger partial charge in [0.2, 0.25) is 0 Å². The number of aryl methyl sites for hydroxylation is 2. The van der Waals surface area contributed by atoms with Crippen molar-refractivity contribution in [2.24, 2.45) is 5.92 Å². The maximum atomic E-state index is 9.91. The Morgan fingerprint density at radius 1 is 1.13 bits per heavy atom. The Bertz CT molecular complexity index is 672. The SMILES string of the molecule is Cc1nc(C)c(C)c(N2CC[C@@H](c3ccccc3)[C@@H](CO)C2)n1. The summed E-state index contributed by atoms with van der Waals surface area (Å²) in [5.74, 6) is 2.50. The molecule has 2 heterocycles. The van der Waals surface area contributed by atoms with Gasteiger partial charge in [0.05, 0.1) is 0 Å². The molecule has 122 valence electrons. The molecule has 2 aromatic rings. The molecule has 0 radical (unpaired) electrons. The average Bonchev–Trinajstić information content (AvgIpc) is 2.58. The lowest BCUT2D eigenvalue weighted by Crippen LogP contribution is -2.42. The number of anilines is 1. The first-order chi connectivity index (χ1) is 11.1. The van der Waals surface area contributed by atoms with Crippen LogP contribution in [-0.2, 0) is 0 Å². The molecule has 0 saturated carbocycles. The summed E-state index contributed by atoms with van der Waals surface area (Å²) in [5, 5.41) is 9.91. The van der Waals surface area contributed by atoms with Gasteiger partial charge in [0.25, 0.3) is 0 Å². The highest BCUT2D eigenvalue weighted by Gasteiger charge is 2.31. The van der Waals surface area contributed by atoms with Crippen molar-refractivity contribution >= 4 is 5.82 Å². The molecule has 1 N–H and O–H groups in total. The minimum Gasteiger partial charge on any atom is -0.396 e. The van der Waals surface area contributed by atoms with Gasteiger partial charge in [0.15, 0.2) is 0 Å². The first kappa shape index (κ1) is 15.9. The zero-order valence-electron chi connectivity index (χ0n) is 14.2. The van der Waals surface area contributed by atoms with Crippen LogP contribution in [0, 0.1) is 26.7 Å². The Labute approximate surface area is 138 Å². The summed E-state index contributed by atoms with van der Waals surface area (Å²) < 4.78 is 0. The molecular formula is C19H25N3O. The predicted octanol–water partition coefficient (Wildman–Crippen LogP) is 3.00. The van der Waals surface area contributed by atoms with E-state index in [0.29, 0.717) is 5.92 Å². The van der Waals surface area contributed by atoms with Crippen molar-refractivity contribution < 1.29 is 5.11 Å². The van der Waals surface area contributed by atoms with E-state index in [9.17, 15) is 5.11 Å². The second kappa shape index (κ2) is 6.67. The molecular weight excluding hydrogens is 286 g/mol. The molecule has 1 fully saturated rings. The van der Waals surface area contributed by atoms with Gasteiger partial charge in [-0.3, -0.25) is 0 Å². The molecule has 1 aliphatic rings. The van der Waals surface area contributed by atoms with Crippen LogP contribution < -0.4 is 4.90 Å². The van der Waals surface area contributed by atoms with Crippen LogP contribution in [0.2, 0.25) is 0 Å². The van der Waals surface area contributed by atoms with E-state index in [4.69, 9.17) is 0 Å². The highest BCUT2D eigenvalue weighted by atomic mass is 16.3. The van der Waals surface area contributed by atoms with Crippen molar-refractivity contribution in [3.05, 3.63) is 53.0 Å². The fourth-order valence-corrected chi connectivity index (χ4v) is 3.61. The van der Waals surface area contributed by atoms with Crippen LogP contribution in [0.3, 0.4) is 0 Å². The topological polar surface area (TPSA) is 49.2 Å². The van der Waals surface area contributed by atoms with Crippen molar-refractivity contribution in [1.29, 1.82) is 0 Å². The number of benzene rings is 1. The number of aliphatic hydroxyl groups is 1. The molecule has 0 bridgehead atoms. The van der Waals surface area contributed by atoms with E-state index in [0.717, 1.165) is 42.4 Å². The molecule has 0 aliphatic carbocycles. The third-order valence-electron chi connectivity index (χ3n) is 4.97. The van der Waals surface area contributed by atoms with E-state index < -0.39 is 0 Å². The molecule has 1 aliphatic heterocycles. The van der Waals surface area contributed by atoms with Crippen LogP contribution in [-0.4, -0.2) is 34.8 Å². The minimum absolute atomic E-state index is 0.207. The second-order valence-corrected chi connectivity index (χ2v) is 6.50. The summed E-state index contributed by atoms with van der Waals surface area (Å²) in [5.41, 5.74) is 3.52. The molecule has 1 saturated heterocycles. The van der Waals surface area contributed by atoms with Crippen molar-refractivity contribution in [2.75, 3.05) is 24.6 Å². The largest absolute Gasteiger partial charge is 0.396 e. The summed E-state index contributed by atoms with van der Waals surface area (Å²) in [7, 11) is 0. The number of aromatic nitrogens is 2. The average molecular weight is 311 g/mol. The fraction of sp³-hybridized carbons (Fsp3) is 0.474. The van der Waals surface area contributed by atoms with Gasteiger partial charge in [-0.25, -0.2) is 9.97 Å². The number of hydrogen-bond donors (Lipinski definition) is 1. The minimum atomic E-state index is 0.207. The van der Waals surface area contributed by atoms with Gasteiger partial charge in [-0.05, 0) is 38.7 Å². The molecule has 1 aromatic carbocycles. The van der Waals surface area contributed by atoms with Crippen LogP contribution in [0.5, 0.6) is 0 Å². The molecule has 3 rings (SSSR count). The first-order valence-corrected chi connectivity index (χ1v) is 8.32. The number of nitrogens with zero attached hydrogens (tertiary/aromatic N) is 3. The molecule has 2 atom stereocenters. The van der Waals surface area contributed by atoms with E-state index >= 15 is 0 Å². The maximum Gasteiger partial charge on any atom is 0.135 e. The summed E-state index contributed by atoms with van der Waals surface area (Å²) in [6.07, 6.45) is 1.04. The van der Waals surface area contributed by atoms with Crippen LogP contribution >= 0.6 is 0 Å². The molecule has 0 unspecified atom stereocenters. The van der Waals surface area contributed by atoms with Crippen LogP contribution in [0.4, 0.5) is 5.82 Å². The zero-order chi connectivity index (χ0) is 16.4. The standard InChI is InChI=1S/C19H25N3O/c1-13-14(2)20-15(3)21-19(13)22-10-9-18(17(11-22)12-23)16-7-5-4-6-8-16/h4-8,17-18,23H,9-12H2,1-3H3/t17-,18+/m1/s1. The Morgan fingerprint density at radius 3 is 2.57 bits per heavy atom. The van der Waals surface area contributed by atoms with Gasteiger partial charge < -0.3 is 10.0 Å². The van der Waals surface area contributed by atoms with E-state index in [1.54, 1.807) is 0 Å². The zero-order valence-corrected chi connectivity index (χ0v) is 14.2. The lowest BCUT2D eigenvalue weighted by atomic mass is 9.81. The summed E-state index contributed by atoms with van der Waals surface area (Å²) in [4.78, 5) is 11.4. The van der Waals surface area contributed by atoms with Crippen LogP contribution in [0.25, 0.3) is 0 Å². The van der Waals surface area contributed by atoms with Crippen molar-refractivity contribution in [3.8, 4) is 0 Å². The highest BCUT2D eigenvalue weighted by Crippen LogP contribution is 2.35. The van der Waals surface area contributed by atoms with Gasteiger partial charge in [-0.1, -0.05) is 30.3 Å². The molecule has 23 heavy (non-hydrogen) atoms. The Balaban J connectivity index is 1.84. The van der Waals surface area contributed by atoms with E-state index in [2.05, 4.69) is 46.1 Å². The van der Waals surface area contributed by atoms with Crippen LogP contribution in [0.15, 0.2) is 30.3 Å². The fourth-order valence-electron chi connectivity index (χ4n) is 3.61. The smallest absolute Gasteiger partial charge is 0.135 e. The van der Waals surface area contributed by atoms with Gasteiger partial charge >= 0.3 is 0 Å². The number of hydrogen-bond acceptors (Lipinski definition) is 4. The first-order valence-electron chi connectivity index (χ1n) is 8.32. The Hall–Kier alpha value is -1.94. The van der Waals surface area contributed by atoms with Gasteiger partial charge in [-0.15, -0.1) is 0 Å². The van der Waals surface area contributed by atoms with Crippen molar-refractivity contribution in [3.63, 3.8) is 0 Å². The summed E-state index contributed by atoms with van der Waals surface area (Å²) in [6.45, 7) is 8.07. The molecule has 0 amide bonds. The summed E-state index contributed by atoms with van der Waals surface area (Å²) >= 11 is 0. The summed E-state index contributed by atoms with van der Waals surface area (Å²) in [6, 6.07) is 10.6. The Morgan fingerprint density at radius 2 is 1.87 bits per heavy atom. The Kier molecular flexibility index (Phi) is 4.62. The number of piperidine rings is 1. The lowest BCUT2D eigenvalue weighted by molar-refractivity contribution is 0.189. The van der Waals surface area contributed by atoms with Crippen LogP contribution in [0.1, 0.15) is 35.0 Å². The maximum absolute atomic E-state index is 9.91. The number of aliphatic hydroxyl groups excluding tert-OH is 1. The van der Waals surface area contributed by atoms with E-state index in [-0.39, 0.29) is 12.5 Å². The third-order valence-corrected chi connectivity index (χ3v) is 4.97. The van der Waals surface area contributed by atoms with Crippen molar-refractivity contribution in [1.82, 2.24) is 9.97 Å². The monoisotopic (exact) mass is 311 g/mol. The highest BCUT2D eigenvalue weighted by molar-refractivity contribution is 5.49. The van der Waals surface area contributed by atoms with E-state index in [1.807, 2.05) is 19.9 Å². The quantitative estimate of drug-likeness (QED) is 0.946. The molecule has 0 spiro atoms. The molecule has 1 aromatic heterocycles. The van der Waals surface area contributed by atoms with Gasteiger partial charge in [0, 0.05) is 36.9 Å². The molecule has 4 nitrogen and oxygen atoms in total. The van der Waals surface area contributed by atoms with Gasteiger partial charge in [-0.2, -0.15) is 0 Å². The lowest BCUT2D eigenvalue weighted by Gasteiger charge is -2.39. The predicted molar refractivity (Wildman–Crippen MR) is 92.8 cm³/mol.